The number of anilines is 1. The third-order valence-corrected chi connectivity index (χ3v) is 5.26. The molecule has 0 aromatic heterocycles. The summed E-state index contributed by atoms with van der Waals surface area (Å²) in [5.74, 6) is 1.07. The molecule has 0 aliphatic carbocycles. The van der Waals surface area contributed by atoms with Gasteiger partial charge in [0.1, 0.15) is 11.9 Å². The molecule has 3 rings (SSSR count). The Labute approximate surface area is 139 Å². The molecule has 1 aromatic carbocycles. The number of carbonyl (C=O) groups excluding carboxylic acids is 1. The van der Waals surface area contributed by atoms with E-state index in [0.717, 1.165) is 36.5 Å². The highest BCUT2D eigenvalue weighted by Crippen LogP contribution is 2.31. The van der Waals surface area contributed by atoms with Gasteiger partial charge >= 0.3 is 0 Å². The molecule has 2 heterocycles. The van der Waals surface area contributed by atoms with Crippen molar-refractivity contribution in [3.05, 3.63) is 23.8 Å². The summed E-state index contributed by atoms with van der Waals surface area (Å²) in [6.07, 6.45) is 4.86. The average molecular weight is 316 g/mol. The summed E-state index contributed by atoms with van der Waals surface area (Å²) in [6.45, 7) is 8.23. The van der Waals surface area contributed by atoms with E-state index in [2.05, 4.69) is 24.1 Å². The molecule has 3 unspecified atom stereocenters. The Balaban J connectivity index is 1.75. The molecule has 2 aliphatic heterocycles. The monoisotopic (exact) mass is 316 g/mol. The van der Waals surface area contributed by atoms with Crippen molar-refractivity contribution in [1.29, 1.82) is 0 Å². The van der Waals surface area contributed by atoms with Crippen molar-refractivity contribution in [2.75, 3.05) is 18.4 Å². The molecule has 1 fully saturated rings. The molecular formula is C19H28N2O2. The van der Waals surface area contributed by atoms with Crippen LogP contribution in [0.15, 0.2) is 18.2 Å². The van der Waals surface area contributed by atoms with Crippen molar-refractivity contribution in [1.82, 2.24) is 4.90 Å². The van der Waals surface area contributed by atoms with Gasteiger partial charge in [-0.1, -0.05) is 13.3 Å². The van der Waals surface area contributed by atoms with Gasteiger partial charge in [0.2, 0.25) is 0 Å². The molecular weight excluding hydrogens is 288 g/mol. The molecule has 0 spiro atoms. The van der Waals surface area contributed by atoms with Crippen LogP contribution in [0.2, 0.25) is 0 Å². The van der Waals surface area contributed by atoms with Crippen molar-refractivity contribution >= 4 is 11.5 Å². The largest absolute Gasteiger partial charge is 0.486 e. The highest BCUT2D eigenvalue weighted by molar-refractivity contribution is 6.01. The number of nitrogens with zero attached hydrogens (tertiary/aromatic N) is 1. The van der Waals surface area contributed by atoms with Gasteiger partial charge in [-0.05, 0) is 57.9 Å². The number of benzene rings is 1. The lowest BCUT2D eigenvalue weighted by molar-refractivity contribution is 0.0701. The number of nitrogens with one attached hydrogen (secondary N) is 1. The predicted molar refractivity (Wildman–Crippen MR) is 93.5 cm³/mol. The SMILES string of the molecule is CCC1CNc2cc(C(=O)C(C)N3CCCCC3C)ccc2O1. The van der Waals surface area contributed by atoms with E-state index in [1.807, 2.05) is 25.1 Å². The van der Waals surface area contributed by atoms with E-state index in [0.29, 0.717) is 6.04 Å². The number of hydrogen-bond acceptors (Lipinski definition) is 4. The lowest BCUT2D eigenvalue weighted by Crippen LogP contribution is -2.47. The van der Waals surface area contributed by atoms with Crippen molar-refractivity contribution in [3.8, 4) is 5.75 Å². The van der Waals surface area contributed by atoms with E-state index in [4.69, 9.17) is 4.74 Å². The normalized spacial score (nSPS) is 25.9. The quantitative estimate of drug-likeness (QED) is 0.860. The number of likely N-dealkylation sites (tertiary alicyclic amines) is 1. The number of rotatable bonds is 4. The Morgan fingerprint density at radius 1 is 1.43 bits per heavy atom. The van der Waals surface area contributed by atoms with Gasteiger partial charge in [-0.15, -0.1) is 0 Å². The van der Waals surface area contributed by atoms with Crippen molar-refractivity contribution in [3.63, 3.8) is 0 Å². The fourth-order valence-corrected chi connectivity index (χ4v) is 3.68. The van der Waals surface area contributed by atoms with Crippen LogP contribution in [0, 0.1) is 0 Å². The van der Waals surface area contributed by atoms with Crippen LogP contribution in [0.1, 0.15) is 56.8 Å². The van der Waals surface area contributed by atoms with Gasteiger partial charge in [-0.25, -0.2) is 0 Å². The number of ether oxygens (including phenoxy) is 1. The van der Waals surface area contributed by atoms with E-state index in [1.54, 1.807) is 0 Å². The van der Waals surface area contributed by atoms with E-state index in [9.17, 15) is 4.79 Å². The maximum Gasteiger partial charge on any atom is 0.179 e. The summed E-state index contributed by atoms with van der Waals surface area (Å²) in [7, 11) is 0. The van der Waals surface area contributed by atoms with Crippen LogP contribution in [0.25, 0.3) is 0 Å². The molecule has 3 atom stereocenters. The van der Waals surface area contributed by atoms with Crippen molar-refractivity contribution < 1.29 is 9.53 Å². The van der Waals surface area contributed by atoms with Crippen LogP contribution >= 0.6 is 0 Å². The predicted octanol–water partition coefficient (Wildman–Crippen LogP) is 3.72. The molecule has 0 bridgehead atoms. The first kappa shape index (κ1) is 16.3. The fraction of sp³-hybridized carbons (Fsp3) is 0.632. The van der Waals surface area contributed by atoms with Gasteiger partial charge in [0, 0.05) is 11.6 Å². The summed E-state index contributed by atoms with van der Waals surface area (Å²) in [5.41, 5.74) is 1.72. The van der Waals surface area contributed by atoms with E-state index in [1.165, 1.54) is 19.3 Å². The second kappa shape index (κ2) is 6.91. The zero-order valence-corrected chi connectivity index (χ0v) is 14.5. The third-order valence-electron chi connectivity index (χ3n) is 5.26. The summed E-state index contributed by atoms with van der Waals surface area (Å²) in [5, 5.41) is 3.40. The minimum atomic E-state index is -0.0590. The number of ketones is 1. The zero-order chi connectivity index (χ0) is 16.4. The summed E-state index contributed by atoms with van der Waals surface area (Å²) < 4.78 is 5.93. The van der Waals surface area contributed by atoms with E-state index in [-0.39, 0.29) is 17.9 Å². The maximum absolute atomic E-state index is 12.9. The average Bonchev–Trinajstić information content (AvgIpc) is 2.60. The zero-order valence-electron chi connectivity index (χ0n) is 14.5. The molecule has 0 amide bonds. The molecule has 2 aliphatic rings. The molecule has 1 aromatic rings. The minimum Gasteiger partial charge on any atom is -0.486 e. The first-order chi connectivity index (χ1) is 11.1. The smallest absolute Gasteiger partial charge is 0.179 e. The highest BCUT2D eigenvalue weighted by Gasteiger charge is 2.29. The summed E-state index contributed by atoms with van der Waals surface area (Å²) in [6, 6.07) is 6.23. The van der Waals surface area contributed by atoms with Gasteiger partial charge in [0.25, 0.3) is 0 Å². The van der Waals surface area contributed by atoms with Crippen LogP contribution in [-0.2, 0) is 0 Å². The lowest BCUT2D eigenvalue weighted by atomic mass is 9.97. The number of Topliss-reactive ketones (excluding diaryl/α,β-unsaturated/α-hetero) is 1. The van der Waals surface area contributed by atoms with Crippen LogP contribution < -0.4 is 10.1 Å². The number of piperidine rings is 1. The number of hydrogen-bond donors (Lipinski definition) is 1. The van der Waals surface area contributed by atoms with Gasteiger partial charge in [0.15, 0.2) is 5.78 Å². The fourth-order valence-electron chi connectivity index (χ4n) is 3.68. The van der Waals surface area contributed by atoms with Gasteiger partial charge in [-0.3, -0.25) is 9.69 Å². The van der Waals surface area contributed by atoms with Crippen LogP contribution in [-0.4, -0.2) is 42.0 Å². The maximum atomic E-state index is 12.9. The summed E-state index contributed by atoms with van der Waals surface area (Å²) >= 11 is 0. The minimum absolute atomic E-state index is 0.0590. The van der Waals surface area contributed by atoms with Crippen LogP contribution in [0.3, 0.4) is 0 Å². The lowest BCUT2D eigenvalue weighted by Gasteiger charge is -2.37. The van der Waals surface area contributed by atoms with Gasteiger partial charge < -0.3 is 10.1 Å². The third kappa shape index (κ3) is 3.37. The Hall–Kier alpha value is -1.55. The Bertz CT molecular complexity index is 572. The number of fused-ring (bicyclic) bond motifs is 1. The van der Waals surface area contributed by atoms with Crippen LogP contribution in [0.5, 0.6) is 5.75 Å². The van der Waals surface area contributed by atoms with E-state index >= 15 is 0 Å². The standard InChI is InChI=1S/C19H28N2O2/c1-4-16-12-20-17-11-15(8-9-18(17)23-16)19(22)14(3)21-10-6-5-7-13(21)2/h8-9,11,13-14,16,20H,4-7,10,12H2,1-3H3. The van der Waals surface area contributed by atoms with Crippen molar-refractivity contribution in [2.45, 2.75) is 64.6 Å². The van der Waals surface area contributed by atoms with Gasteiger partial charge in [-0.2, -0.15) is 0 Å². The second-order valence-electron chi connectivity index (χ2n) is 6.86. The first-order valence-corrected chi connectivity index (χ1v) is 8.94. The molecule has 4 nitrogen and oxygen atoms in total. The Morgan fingerprint density at radius 3 is 3.00 bits per heavy atom. The second-order valence-corrected chi connectivity index (χ2v) is 6.86. The Morgan fingerprint density at radius 2 is 2.26 bits per heavy atom. The molecule has 1 saturated heterocycles. The topological polar surface area (TPSA) is 41.6 Å². The van der Waals surface area contributed by atoms with E-state index < -0.39 is 0 Å². The molecule has 0 radical (unpaired) electrons. The molecule has 0 saturated carbocycles. The molecule has 4 heteroatoms. The summed E-state index contributed by atoms with van der Waals surface area (Å²) in [4.78, 5) is 15.2. The highest BCUT2D eigenvalue weighted by atomic mass is 16.5. The number of carbonyl (C=O) groups is 1. The molecule has 23 heavy (non-hydrogen) atoms. The van der Waals surface area contributed by atoms with Crippen molar-refractivity contribution in [2.24, 2.45) is 0 Å². The first-order valence-electron chi connectivity index (χ1n) is 8.94. The van der Waals surface area contributed by atoms with Gasteiger partial charge in [0.05, 0.1) is 18.3 Å². The van der Waals surface area contributed by atoms with Crippen LogP contribution in [0.4, 0.5) is 5.69 Å². The Kier molecular flexibility index (Phi) is 4.90. The molecule has 1 N–H and O–H groups in total. The molecule has 126 valence electrons.